The van der Waals surface area contributed by atoms with Crippen LogP contribution in [-0.4, -0.2) is 26.0 Å². The Morgan fingerprint density at radius 1 is 0.964 bits per heavy atom. The maximum atomic E-state index is 12.8. The highest BCUT2D eigenvalue weighted by Gasteiger charge is 2.56. The lowest BCUT2D eigenvalue weighted by Gasteiger charge is -2.17. The fraction of sp³-hybridized carbons (Fsp3) is 0.364. The van der Waals surface area contributed by atoms with Crippen LogP contribution in [0.15, 0.2) is 36.4 Å². The molecule has 2 amide bonds. The summed E-state index contributed by atoms with van der Waals surface area (Å²) < 4.78 is 10.5. The summed E-state index contributed by atoms with van der Waals surface area (Å²) in [6.07, 6.45) is 1.11. The minimum Gasteiger partial charge on any atom is -0.493 e. The van der Waals surface area contributed by atoms with Gasteiger partial charge in [0.15, 0.2) is 11.5 Å². The fourth-order valence-electron chi connectivity index (χ4n) is 3.22. The second-order valence-corrected chi connectivity index (χ2v) is 7.23. The summed E-state index contributed by atoms with van der Waals surface area (Å²) in [5, 5.41) is 5.80. The van der Waals surface area contributed by atoms with E-state index >= 15 is 0 Å². The number of anilines is 1. The lowest BCUT2D eigenvalue weighted by Crippen LogP contribution is -2.39. The third-order valence-electron chi connectivity index (χ3n) is 5.15. The van der Waals surface area contributed by atoms with Crippen molar-refractivity contribution in [2.45, 2.75) is 33.2 Å². The molecule has 6 nitrogen and oxygen atoms in total. The molecule has 0 aromatic heterocycles. The lowest BCUT2D eigenvalue weighted by atomic mass is 10.0. The Balaban J connectivity index is 1.64. The van der Waals surface area contributed by atoms with Crippen LogP contribution in [0.2, 0.25) is 0 Å². The summed E-state index contributed by atoms with van der Waals surface area (Å²) >= 11 is 0. The topological polar surface area (TPSA) is 76.7 Å². The summed E-state index contributed by atoms with van der Waals surface area (Å²) in [6.45, 7) is 4.26. The minimum atomic E-state index is -0.978. The average molecular weight is 382 g/mol. The zero-order valence-corrected chi connectivity index (χ0v) is 16.7. The molecule has 2 N–H and O–H groups in total. The normalized spacial score (nSPS) is 14.1. The molecular formula is C22H26N2O4. The van der Waals surface area contributed by atoms with E-state index in [1.807, 2.05) is 44.2 Å². The van der Waals surface area contributed by atoms with Gasteiger partial charge in [-0.05, 0) is 56.0 Å². The SMILES string of the molecule is COc1ccc(CNC(=O)C2(C(=O)Nc3ccc(C)cc3C)CC2)cc1OC. The first-order chi connectivity index (χ1) is 13.4. The molecule has 0 aliphatic heterocycles. The molecule has 0 atom stereocenters. The van der Waals surface area contributed by atoms with Crippen LogP contribution in [-0.2, 0) is 16.1 Å². The molecule has 6 heteroatoms. The van der Waals surface area contributed by atoms with Gasteiger partial charge in [-0.2, -0.15) is 0 Å². The van der Waals surface area contributed by atoms with Crippen LogP contribution < -0.4 is 20.1 Å². The second kappa shape index (κ2) is 7.92. The van der Waals surface area contributed by atoms with Crippen LogP contribution in [0.25, 0.3) is 0 Å². The van der Waals surface area contributed by atoms with Gasteiger partial charge < -0.3 is 20.1 Å². The predicted molar refractivity (Wildman–Crippen MR) is 108 cm³/mol. The third kappa shape index (κ3) is 3.96. The maximum absolute atomic E-state index is 12.8. The first-order valence-electron chi connectivity index (χ1n) is 9.27. The van der Waals surface area contributed by atoms with Gasteiger partial charge in [-0.25, -0.2) is 0 Å². The Morgan fingerprint density at radius 3 is 2.29 bits per heavy atom. The molecule has 2 aromatic rings. The Labute approximate surface area is 165 Å². The summed E-state index contributed by atoms with van der Waals surface area (Å²) in [6, 6.07) is 11.3. The zero-order valence-electron chi connectivity index (χ0n) is 16.7. The van der Waals surface area contributed by atoms with E-state index in [-0.39, 0.29) is 11.8 Å². The highest BCUT2D eigenvalue weighted by Crippen LogP contribution is 2.47. The molecule has 1 fully saturated rings. The number of amides is 2. The van der Waals surface area contributed by atoms with Crippen molar-refractivity contribution in [2.24, 2.45) is 5.41 Å². The molecular weight excluding hydrogens is 356 g/mol. The van der Waals surface area contributed by atoms with E-state index in [0.29, 0.717) is 30.9 Å². The van der Waals surface area contributed by atoms with E-state index in [4.69, 9.17) is 9.47 Å². The van der Waals surface area contributed by atoms with E-state index in [2.05, 4.69) is 10.6 Å². The summed E-state index contributed by atoms with van der Waals surface area (Å²) in [5.74, 6) is 0.737. The number of rotatable bonds is 7. The molecule has 2 aromatic carbocycles. The molecule has 1 aliphatic rings. The van der Waals surface area contributed by atoms with Gasteiger partial charge in [0.05, 0.1) is 14.2 Å². The van der Waals surface area contributed by atoms with Gasteiger partial charge in [-0.3, -0.25) is 9.59 Å². The Morgan fingerprint density at radius 2 is 1.68 bits per heavy atom. The number of aryl methyl sites for hydroxylation is 2. The van der Waals surface area contributed by atoms with E-state index in [1.165, 1.54) is 0 Å². The number of carbonyl (C=O) groups is 2. The molecule has 0 radical (unpaired) electrons. The zero-order chi connectivity index (χ0) is 20.3. The molecule has 3 rings (SSSR count). The van der Waals surface area contributed by atoms with Crippen LogP contribution in [0.5, 0.6) is 11.5 Å². The van der Waals surface area contributed by atoms with E-state index in [0.717, 1.165) is 22.4 Å². The van der Waals surface area contributed by atoms with Crippen LogP contribution in [0, 0.1) is 19.3 Å². The predicted octanol–water partition coefficient (Wildman–Crippen LogP) is 3.36. The van der Waals surface area contributed by atoms with Crippen LogP contribution in [0.3, 0.4) is 0 Å². The Hall–Kier alpha value is -3.02. The van der Waals surface area contributed by atoms with Crippen molar-refractivity contribution in [3.05, 3.63) is 53.1 Å². The highest BCUT2D eigenvalue weighted by molar-refractivity contribution is 6.13. The van der Waals surface area contributed by atoms with E-state index in [9.17, 15) is 9.59 Å². The van der Waals surface area contributed by atoms with Crippen molar-refractivity contribution in [3.63, 3.8) is 0 Å². The molecule has 0 spiro atoms. The van der Waals surface area contributed by atoms with Gasteiger partial charge in [0, 0.05) is 12.2 Å². The van der Waals surface area contributed by atoms with Crippen molar-refractivity contribution in [1.82, 2.24) is 5.32 Å². The van der Waals surface area contributed by atoms with Crippen LogP contribution in [0.4, 0.5) is 5.69 Å². The van der Waals surface area contributed by atoms with Crippen molar-refractivity contribution in [3.8, 4) is 11.5 Å². The number of carbonyl (C=O) groups excluding carboxylic acids is 2. The molecule has 0 saturated heterocycles. The van der Waals surface area contributed by atoms with Crippen molar-refractivity contribution >= 4 is 17.5 Å². The smallest absolute Gasteiger partial charge is 0.240 e. The Bertz CT molecular complexity index is 903. The van der Waals surface area contributed by atoms with Crippen molar-refractivity contribution in [2.75, 3.05) is 19.5 Å². The average Bonchev–Trinajstić information content (AvgIpc) is 3.50. The quantitative estimate of drug-likeness (QED) is 0.720. The molecule has 0 unspecified atom stereocenters. The van der Waals surface area contributed by atoms with Gasteiger partial charge >= 0.3 is 0 Å². The number of hydrogen-bond acceptors (Lipinski definition) is 4. The summed E-state index contributed by atoms with van der Waals surface area (Å²) in [7, 11) is 3.14. The number of nitrogens with one attached hydrogen (secondary N) is 2. The van der Waals surface area contributed by atoms with Gasteiger partial charge in [0.25, 0.3) is 0 Å². The first kappa shape index (κ1) is 19.7. The lowest BCUT2D eigenvalue weighted by molar-refractivity contribution is -0.134. The standard InChI is InChI=1S/C22H26N2O4/c1-14-5-7-17(15(2)11-14)24-21(26)22(9-10-22)20(25)23-13-16-6-8-18(27-3)19(12-16)28-4/h5-8,11-12H,9-10,13H2,1-4H3,(H,23,25)(H,24,26). The molecule has 148 valence electrons. The molecule has 0 bridgehead atoms. The first-order valence-corrected chi connectivity index (χ1v) is 9.27. The van der Waals surface area contributed by atoms with Gasteiger partial charge in [-0.15, -0.1) is 0 Å². The molecule has 1 aliphatic carbocycles. The van der Waals surface area contributed by atoms with Crippen molar-refractivity contribution < 1.29 is 19.1 Å². The van der Waals surface area contributed by atoms with Crippen molar-refractivity contribution in [1.29, 1.82) is 0 Å². The van der Waals surface area contributed by atoms with Gasteiger partial charge in [0.2, 0.25) is 11.8 Å². The monoisotopic (exact) mass is 382 g/mol. The second-order valence-electron chi connectivity index (χ2n) is 7.23. The van der Waals surface area contributed by atoms with Crippen LogP contribution in [0.1, 0.15) is 29.5 Å². The molecule has 0 heterocycles. The number of benzene rings is 2. The summed E-state index contributed by atoms with van der Waals surface area (Å²) in [5.41, 5.74) is 2.75. The highest BCUT2D eigenvalue weighted by atomic mass is 16.5. The fourth-order valence-corrected chi connectivity index (χ4v) is 3.22. The minimum absolute atomic E-state index is 0.246. The number of hydrogen-bond donors (Lipinski definition) is 2. The van der Waals surface area contributed by atoms with Gasteiger partial charge in [-0.1, -0.05) is 23.8 Å². The van der Waals surface area contributed by atoms with Gasteiger partial charge in [0.1, 0.15) is 5.41 Å². The Kier molecular flexibility index (Phi) is 5.58. The number of methoxy groups -OCH3 is 2. The largest absolute Gasteiger partial charge is 0.493 e. The summed E-state index contributed by atoms with van der Waals surface area (Å²) in [4.78, 5) is 25.5. The van der Waals surface area contributed by atoms with E-state index < -0.39 is 5.41 Å². The third-order valence-corrected chi connectivity index (χ3v) is 5.15. The number of ether oxygens (including phenoxy) is 2. The van der Waals surface area contributed by atoms with E-state index in [1.54, 1.807) is 20.3 Å². The molecule has 1 saturated carbocycles. The molecule has 28 heavy (non-hydrogen) atoms. The maximum Gasteiger partial charge on any atom is 0.240 e. The van der Waals surface area contributed by atoms with Crippen LogP contribution >= 0.6 is 0 Å².